The van der Waals surface area contributed by atoms with E-state index >= 15 is 0 Å². The highest BCUT2D eigenvalue weighted by atomic mass is 32.2. The molecule has 0 fully saturated rings. The Morgan fingerprint density at radius 2 is 2.15 bits per heavy atom. The minimum atomic E-state index is -0.0781. The number of nitrogens with zero attached hydrogens (tertiary/aromatic N) is 3. The molecule has 0 aliphatic carbocycles. The molecule has 8 heteroatoms. The van der Waals surface area contributed by atoms with Crippen molar-refractivity contribution >= 4 is 34.4 Å². The maximum Gasteiger partial charge on any atom is 0.247 e. The normalized spacial score (nSPS) is 12.2. The molecule has 2 aromatic carbocycles. The predicted molar refractivity (Wildman–Crippen MR) is 105 cm³/mol. The minimum absolute atomic E-state index is 0.0767. The van der Waals surface area contributed by atoms with Crippen molar-refractivity contribution in [2.45, 2.75) is 12.2 Å². The number of anilines is 1. The van der Waals surface area contributed by atoms with Gasteiger partial charge in [-0.05, 0) is 37.3 Å². The number of para-hydroxylation sites is 2. The number of rotatable bonds is 6. The number of hydrogen-bond donors (Lipinski definition) is 2. The van der Waals surface area contributed by atoms with E-state index in [1.807, 2.05) is 49.4 Å². The number of carbonyl (C=O) groups excluding carboxylic acids is 1. The lowest BCUT2D eigenvalue weighted by atomic mass is 10.2. The zero-order valence-corrected chi connectivity index (χ0v) is 15.4. The van der Waals surface area contributed by atoms with Gasteiger partial charge in [0.05, 0.1) is 22.0 Å². The van der Waals surface area contributed by atoms with E-state index in [0.717, 1.165) is 22.4 Å². The molecular formula is C19H17N5O2S. The van der Waals surface area contributed by atoms with Gasteiger partial charge in [0.25, 0.3) is 0 Å². The molecule has 1 unspecified atom stereocenters. The first-order valence-corrected chi connectivity index (χ1v) is 9.46. The highest BCUT2D eigenvalue weighted by Crippen LogP contribution is 2.28. The number of imidazole rings is 1. The zero-order chi connectivity index (χ0) is 18.6. The summed E-state index contributed by atoms with van der Waals surface area (Å²) in [4.78, 5) is 20.2. The van der Waals surface area contributed by atoms with Crippen molar-refractivity contribution in [2.75, 3.05) is 11.1 Å². The van der Waals surface area contributed by atoms with Gasteiger partial charge in [-0.1, -0.05) is 18.2 Å². The van der Waals surface area contributed by atoms with Crippen LogP contribution in [0.2, 0.25) is 0 Å². The number of aromatic amines is 1. The van der Waals surface area contributed by atoms with Gasteiger partial charge in [-0.25, -0.2) is 4.98 Å². The van der Waals surface area contributed by atoms with Crippen molar-refractivity contribution in [1.29, 1.82) is 0 Å². The van der Waals surface area contributed by atoms with Gasteiger partial charge in [0.15, 0.2) is 0 Å². The summed E-state index contributed by atoms with van der Waals surface area (Å²) in [7, 11) is 0. The molecule has 7 nitrogen and oxygen atoms in total. The lowest BCUT2D eigenvalue weighted by molar-refractivity contribution is -0.113. The van der Waals surface area contributed by atoms with E-state index in [4.69, 9.17) is 4.42 Å². The second kappa shape index (κ2) is 7.63. The van der Waals surface area contributed by atoms with Crippen LogP contribution in [-0.2, 0) is 4.79 Å². The summed E-state index contributed by atoms with van der Waals surface area (Å²) in [6.45, 7) is 2.03. The van der Waals surface area contributed by atoms with Crippen LogP contribution in [0.5, 0.6) is 0 Å². The average Bonchev–Trinajstić information content (AvgIpc) is 3.36. The van der Waals surface area contributed by atoms with E-state index in [1.165, 1.54) is 18.2 Å². The number of nitrogens with one attached hydrogen (secondary N) is 2. The number of carbonyl (C=O) groups is 1. The standard InChI is InChI=1S/C19H17N5O2S/c1-12(18-22-15-7-2-3-8-16(15)23-18)27-10-17(25)21-14-6-4-5-13(9-14)19-24-20-11-26-19/h2-9,11-12H,10H2,1H3,(H,21,25)(H,22,23). The van der Waals surface area contributed by atoms with Crippen molar-refractivity contribution in [1.82, 2.24) is 20.2 Å². The second-order valence-corrected chi connectivity index (χ2v) is 7.29. The Morgan fingerprint density at radius 3 is 2.96 bits per heavy atom. The number of H-pyrrole nitrogens is 1. The fraction of sp³-hybridized carbons (Fsp3) is 0.158. The smallest absolute Gasteiger partial charge is 0.247 e. The molecule has 0 aliphatic heterocycles. The Bertz CT molecular complexity index is 1030. The highest BCUT2D eigenvalue weighted by Gasteiger charge is 2.14. The first-order chi connectivity index (χ1) is 13.2. The molecule has 1 amide bonds. The summed E-state index contributed by atoms with van der Waals surface area (Å²) >= 11 is 1.53. The topological polar surface area (TPSA) is 96.7 Å². The largest absolute Gasteiger partial charge is 0.423 e. The predicted octanol–water partition coefficient (Wildman–Crippen LogP) is 4.05. The number of thioether (sulfide) groups is 1. The number of aromatic nitrogens is 4. The Balaban J connectivity index is 1.36. The van der Waals surface area contributed by atoms with E-state index in [9.17, 15) is 4.79 Å². The summed E-state index contributed by atoms with van der Waals surface area (Å²) in [5.41, 5.74) is 3.38. The minimum Gasteiger partial charge on any atom is -0.423 e. The molecule has 0 spiro atoms. The lowest BCUT2D eigenvalue weighted by Crippen LogP contribution is -2.14. The summed E-state index contributed by atoms with van der Waals surface area (Å²) < 4.78 is 5.18. The van der Waals surface area contributed by atoms with E-state index in [0.29, 0.717) is 17.3 Å². The van der Waals surface area contributed by atoms with Gasteiger partial charge in [0, 0.05) is 11.3 Å². The first kappa shape index (κ1) is 17.3. The zero-order valence-electron chi connectivity index (χ0n) is 14.5. The van der Waals surface area contributed by atoms with Gasteiger partial charge < -0.3 is 14.7 Å². The molecule has 2 N–H and O–H groups in total. The van der Waals surface area contributed by atoms with E-state index in [2.05, 4.69) is 25.5 Å². The van der Waals surface area contributed by atoms with Gasteiger partial charge >= 0.3 is 0 Å². The second-order valence-electron chi connectivity index (χ2n) is 5.97. The molecule has 136 valence electrons. The monoisotopic (exact) mass is 379 g/mol. The third-order valence-corrected chi connectivity index (χ3v) is 5.16. The van der Waals surface area contributed by atoms with Gasteiger partial charge in [-0.3, -0.25) is 4.79 Å². The van der Waals surface area contributed by atoms with Gasteiger partial charge in [-0.2, -0.15) is 0 Å². The molecule has 0 saturated carbocycles. The third-order valence-electron chi connectivity index (χ3n) is 4.01. The van der Waals surface area contributed by atoms with Crippen LogP contribution in [0.4, 0.5) is 5.69 Å². The van der Waals surface area contributed by atoms with Crippen LogP contribution in [0.15, 0.2) is 59.3 Å². The average molecular weight is 379 g/mol. The van der Waals surface area contributed by atoms with Crippen LogP contribution in [0.3, 0.4) is 0 Å². The van der Waals surface area contributed by atoms with E-state index < -0.39 is 0 Å². The van der Waals surface area contributed by atoms with Crippen LogP contribution in [0.1, 0.15) is 18.0 Å². The summed E-state index contributed by atoms with van der Waals surface area (Å²) in [6.07, 6.45) is 1.27. The Labute approximate surface area is 159 Å². The Kier molecular flexibility index (Phi) is 4.88. The Hall–Kier alpha value is -3.13. The molecule has 2 heterocycles. The Morgan fingerprint density at radius 1 is 1.26 bits per heavy atom. The third kappa shape index (κ3) is 4.01. The molecule has 1 atom stereocenters. The molecule has 0 radical (unpaired) electrons. The van der Waals surface area contributed by atoms with Crippen molar-refractivity contribution in [3.8, 4) is 11.5 Å². The van der Waals surface area contributed by atoms with E-state index in [-0.39, 0.29) is 11.2 Å². The van der Waals surface area contributed by atoms with Crippen LogP contribution in [0, 0.1) is 0 Å². The van der Waals surface area contributed by atoms with Gasteiger partial charge in [0.2, 0.25) is 18.2 Å². The lowest BCUT2D eigenvalue weighted by Gasteiger charge is -2.09. The number of fused-ring (bicyclic) bond motifs is 1. The molecule has 4 rings (SSSR count). The van der Waals surface area contributed by atoms with Crippen LogP contribution < -0.4 is 5.32 Å². The van der Waals surface area contributed by atoms with Crippen molar-refractivity contribution in [3.63, 3.8) is 0 Å². The van der Waals surface area contributed by atoms with Crippen molar-refractivity contribution in [2.24, 2.45) is 0 Å². The fourth-order valence-electron chi connectivity index (χ4n) is 2.67. The SMILES string of the molecule is CC(SCC(=O)Nc1cccc(-c2nnco2)c1)c1nc2ccccc2[nH]1. The number of hydrogen-bond acceptors (Lipinski definition) is 6. The number of benzene rings is 2. The number of amides is 1. The maximum atomic E-state index is 12.3. The highest BCUT2D eigenvalue weighted by molar-refractivity contribution is 8.00. The molecule has 0 bridgehead atoms. The molecule has 2 aromatic heterocycles. The molecule has 27 heavy (non-hydrogen) atoms. The van der Waals surface area contributed by atoms with Gasteiger partial charge in [0.1, 0.15) is 5.82 Å². The van der Waals surface area contributed by atoms with Crippen LogP contribution in [0.25, 0.3) is 22.5 Å². The molecular weight excluding hydrogens is 362 g/mol. The molecule has 0 saturated heterocycles. The van der Waals surface area contributed by atoms with Gasteiger partial charge in [-0.15, -0.1) is 22.0 Å². The molecule has 0 aliphatic rings. The first-order valence-electron chi connectivity index (χ1n) is 8.42. The molecule has 4 aromatic rings. The van der Waals surface area contributed by atoms with Crippen LogP contribution in [-0.4, -0.2) is 31.8 Å². The maximum absolute atomic E-state index is 12.3. The fourth-order valence-corrected chi connectivity index (χ4v) is 3.41. The van der Waals surface area contributed by atoms with E-state index in [1.54, 1.807) is 6.07 Å². The van der Waals surface area contributed by atoms with Crippen molar-refractivity contribution in [3.05, 3.63) is 60.7 Å². The summed E-state index contributed by atoms with van der Waals surface area (Å²) in [6, 6.07) is 15.2. The van der Waals surface area contributed by atoms with Crippen molar-refractivity contribution < 1.29 is 9.21 Å². The quantitative estimate of drug-likeness (QED) is 0.525. The summed E-state index contributed by atoms with van der Waals surface area (Å²) in [5.74, 6) is 1.53. The van der Waals surface area contributed by atoms with Crippen LogP contribution >= 0.6 is 11.8 Å². The summed E-state index contributed by atoms with van der Waals surface area (Å²) in [5, 5.41) is 10.5.